The molecule has 0 bridgehead atoms. The molecule has 0 N–H and O–H groups in total. The Morgan fingerprint density at radius 3 is 2.27 bits per heavy atom. The lowest BCUT2D eigenvalue weighted by atomic mass is 10.3. The average molecular weight is 212 g/mol. The van der Waals surface area contributed by atoms with Crippen LogP contribution in [0.5, 0.6) is 0 Å². The number of aromatic nitrogens is 2. The van der Waals surface area contributed by atoms with Gasteiger partial charge in [-0.05, 0) is 12.1 Å². The third-order valence-corrected chi connectivity index (χ3v) is 1.93. The predicted octanol–water partition coefficient (Wildman–Crippen LogP) is 2.89. The Bertz CT molecular complexity index is 445. The van der Waals surface area contributed by atoms with E-state index in [4.69, 9.17) is 0 Å². The van der Waals surface area contributed by atoms with Crippen molar-refractivity contribution in [3.8, 4) is 5.69 Å². The first-order valence-corrected chi connectivity index (χ1v) is 4.24. The second kappa shape index (κ2) is 3.42. The zero-order valence-electron chi connectivity index (χ0n) is 7.57. The van der Waals surface area contributed by atoms with Crippen LogP contribution in [0.25, 0.3) is 5.69 Å². The smallest absolute Gasteiger partial charge is 0.306 e. The van der Waals surface area contributed by atoms with Crippen LogP contribution in [0, 0.1) is 0 Å². The molecule has 0 fully saturated rings. The van der Waals surface area contributed by atoms with Crippen LogP contribution < -0.4 is 0 Å². The number of imidazole rings is 1. The molecule has 78 valence electrons. The Kier molecular flexibility index (Phi) is 2.22. The van der Waals surface area contributed by atoms with Crippen molar-refractivity contribution in [3.05, 3.63) is 48.5 Å². The number of benzene rings is 1. The van der Waals surface area contributed by atoms with Crippen LogP contribution in [0.2, 0.25) is 0 Å². The number of hydrogen-bond acceptors (Lipinski definition) is 1. The van der Waals surface area contributed by atoms with Gasteiger partial charge in [0, 0.05) is 11.9 Å². The molecule has 2 aromatic rings. The normalized spacial score (nSPS) is 11.7. The van der Waals surface area contributed by atoms with Crippen LogP contribution in [-0.4, -0.2) is 9.55 Å². The minimum absolute atomic E-state index is 0.653. The lowest BCUT2D eigenvalue weighted by molar-refractivity contribution is -0.140. The largest absolute Gasteiger partial charge is 0.434 e. The topological polar surface area (TPSA) is 17.8 Å². The van der Waals surface area contributed by atoms with E-state index in [1.165, 1.54) is 4.57 Å². The highest BCUT2D eigenvalue weighted by molar-refractivity contribution is 5.31. The summed E-state index contributed by atoms with van der Waals surface area (Å²) in [6.07, 6.45) is -2.27. The van der Waals surface area contributed by atoms with Gasteiger partial charge in [0.25, 0.3) is 0 Å². The molecular formula is C10H7F3N2. The van der Waals surface area contributed by atoms with Gasteiger partial charge in [-0.2, -0.15) is 13.2 Å². The average Bonchev–Trinajstić information content (AvgIpc) is 2.67. The second-order valence-corrected chi connectivity index (χ2v) is 3.00. The number of alkyl halides is 3. The first-order chi connectivity index (χ1) is 7.07. The fraction of sp³-hybridized carbons (Fsp3) is 0.100. The minimum atomic E-state index is -4.39. The van der Waals surface area contributed by atoms with Crippen molar-refractivity contribution in [3.63, 3.8) is 0 Å². The number of hydrogen-bond donors (Lipinski definition) is 0. The third kappa shape index (κ3) is 2.01. The molecule has 0 unspecified atom stereocenters. The lowest BCUT2D eigenvalue weighted by Crippen LogP contribution is -2.04. The maximum absolute atomic E-state index is 12.2. The molecule has 0 amide bonds. The molecule has 0 atom stereocenters. The number of nitrogens with zero attached hydrogens (tertiary/aromatic N) is 2. The second-order valence-electron chi connectivity index (χ2n) is 3.00. The highest BCUT2D eigenvalue weighted by atomic mass is 19.4. The Hall–Kier alpha value is -1.78. The number of rotatable bonds is 1. The SMILES string of the molecule is FC(F)(F)c1cn(-c2ccccc2)cn1. The van der Waals surface area contributed by atoms with E-state index in [-0.39, 0.29) is 0 Å². The van der Waals surface area contributed by atoms with Gasteiger partial charge >= 0.3 is 6.18 Å². The number of halogens is 3. The maximum atomic E-state index is 12.2. The molecule has 0 aliphatic heterocycles. The molecule has 1 aromatic heterocycles. The summed E-state index contributed by atoms with van der Waals surface area (Å²) in [5.41, 5.74) is -0.230. The first-order valence-electron chi connectivity index (χ1n) is 4.24. The van der Waals surface area contributed by atoms with Crippen molar-refractivity contribution < 1.29 is 13.2 Å². The van der Waals surface area contributed by atoms with Crippen LogP contribution in [0.3, 0.4) is 0 Å². The Morgan fingerprint density at radius 2 is 1.73 bits per heavy atom. The Labute approximate surface area is 84.0 Å². The predicted molar refractivity (Wildman–Crippen MR) is 48.6 cm³/mol. The van der Waals surface area contributed by atoms with E-state index >= 15 is 0 Å². The fourth-order valence-corrected chi connectivity index (χ4v) is 1.21. The highest BCUT2D eigenvalue weighted by Gasteiger charge is 2.33. The van der Waals surface area contributed by atoms with E-state index in [2.05, 4.69) is 4.98 Å². The molecule has 15 heavy (non-hydrogen) atoms. The maximum Gasteiger partial charge on any atom is 0.434 e. The highest BCUT2D eigenvalue weighted by Crippen LogP contribution is 2.27. The van der Waals surface area contributed by atoms with Crippen molar-refractivity contribution in [1.29, 1.82) is 0 Å². The molecule has 0 radical (unpaired) electrons. The molecule has 0 saturated heterocycles. The van der Waals surface area contributed by atoms with Crippen LogP contribution in [0.1, 0.15) is 5.69 Å². The van der Waals surface area contributed by atoms with Gasteiger partial charge < -0.3 is 4.57 Å². The summed E-state index contributed by atoms with van der Waals surface area (Å²) >= 11 is 0. The van der Waals surface area contributed by atoms with Gasteiger partial charge in [0.15, 0.2) is 5.69 Å². The van der Waals surface area contributed by atoms with Crippen molar-refractivity contribution in [1.82, 2.24) is 9.55 Å². The molecular weight excluding hydrogens is 205 g/mol. The quantitative estimate of drug-likeness (QED) is 0.710. The summed E-state index contributed by atoms with van der Waals surface area (Å²) in [6.45, 7) is 0. The Balaban J connectivity index is 2.37. The summed E-state index contributed by atoms with van der Waals surface area (Å²) in [5.74, 6) is 0. The molecule has 1 heterocycles. The summed E-state index contributed by atoms with van der Waals surface area (Å²) < 4.78 is 38.1. The van der Waals surface area contributed by atoms with E-state index < -0.39 is 11.9 Å². The monoisotopic (exact) mass is 212 g/mol. The fourth-order valence-electron chi connectivity index (χ4n) is 1.21. The summed E-state index contributed by atoms with van der Waals surface area (Å²) in [7, 11) is 0. The van der Waals surface area contributed by atoms with Crippen molar-refractivity contribution in [2.75, 3.05) is 0 Å². The van der Waals surface area contributed by atoms with E-state index in [1.54, 1.807) is 30.3 Å². The Morgan fingerprint density at radius 1 is 1.07 bits per heavy atom. The molecule has 2 rings (SSSR count). The summed E-state index contributed by atoms with van der Waals surface area (Å²) in [5, 5.41) is 0. The molecule has 5 heteroatoms. The van der Waals surface area contributed by atoms with Crippen molar-refractivity contribution >= 4 is 0 Å². The van der Waals surface area contributed by atoms with E-state index in [0.717, 1.165) is 12.5 Å². The van der Waals surface area contributed by atoms with Crippen LogP contribution in [0.4, 0.5) is 13.2 Å². The number of para-hydroxylation sites is 1. The molecule has 0 aliphatic carbocycles. The van der Waals surface area contributed by atoms with Gasteiger partial charge in [0.2, 0.25) is 0 Å². The van der Waals surface area contributed by atoms with Gasteiger partial charge in [-0.3, -0.25) is 0 Å². The molecule has 1 aromatic carbocycles. The van der Waals surface area contributed by atoms with Gasteiger partial charge in [0.05, 0.1) is 6.33 Å². The van der Waals surface area contributed by atoms with Crippen molar-refractivity contribution in [2.24, 2.45) is 0 Å². The van der Waals surface area contributed by atoms with Gasteiger partial charge in [-0.25, -0.2) is 4.98 Å². The molecule has 2 nitrogen and oxygen atoms in total. The van der Waals surface area contributed by atoms with Crippen LogP contribution in [-0.2, 0) is 6.18 Å². The standard InChI is InChI=1S/C10H7F3N2/c11-10(12,13)9-6-15(7-14-9)8-4-2-1-3-5-8/h1-7H. The first kappa shape index (κ1) is 9.76. The van der Waals surface area contributed by atoms with Gasteiger partial charge in [-0.15, -0.1) is 0 Å². The summed E-state index contributed by atoms with van der Waals surface area (Å²) in [6, 6.07) is 8.72. The van der Waals surface area contributed by atoms with Crippen LogP contribution in [0.15, 0.2) is 42.9 Å². The zero-order chi connectivity index (χ0) is 10.9. The lowest BCUT2D eigenvalue weighted by Gasteiger charge is -2.01. The van der Waals surface area contributed by atoms with E-state index in [1.807, 2.05) is 0 Å². The molecule has 0 aliphatic rings. The van der Waals surface area contributed by atoms with E-state index in [0.29, 0.717) is 5.69 Å². The van der Waals surface area contributed by atoms with Crippen molar-refractivity contribution in [2.45, 2.75) is 6.18 Å². The van der Waals surface area contributed by atoms with E-state index in [9.17, 15) is 13.2 Å². The molecule has 0 spiro atoms. The molecule has 0 saturated carbocycles. The van der Waals surface area contributed by atoms with Crippen LogP contribution >= 0.6 is 0 Å². The van der Waals surface area contributed by atoms with Gasteiger partial charge in [-0.1, -0.05) is 18.2 Å². The zero-order valence-corrected chi connectivity index (χ0v) is 7.57. The summed E-state index contributed by atoms with van der Waals surface area (Å²) in [4.78, 5) is 3.30. The third-order valence-electron chi connectivity index (χ3n) is 1.93. The minimum Gasteiger partial charge on any atom is -0.306 e. The van der Waals surface area contributed by atoms with Gasteiger partial charge in [0.1, 0.15) is 0 Å².